The summed E-state index contributed by atoms with van der Waals surface area (Å²) in [6.45, 7) is 6.54. The van der Waals surface area contributed by atoms with E-state index in [9.17, 15) is 5.11 Å². The number of anilines is 1. The minimum Gasteiger partial charge on any atom is -0.491 e. The van der Waals surface area contributed by atoms with Crippen molar-refractivity contribution in [2.75, 3.05) is 38.1 Å². The number of nitrogens with zero attached hydrogens (tertiary/aromatic N) is 4. The first-order valence-corrected chi connectivity index (χ1v) is 12.2. The van der Waals surface area contributed by atoms with Crippen LogP contribution in [0.2, 0.25) is 5.02 Å². The van der Waals surface area contributed by atoms with Gasteiger partial charge in [0, 0.05) is 34.6 Å². The molecule has 8 heteroatoms. The van der Waals surface area contributed by atoms with Gasteiger partial charge in [-0.25, -0.2) is 9.67 Å². The summed E-state index contributed by atoms with van der Waals surface area (Å²) in [5.74, 6) is 0.777. The van der Waals surface area contributed by atoms with Crippen LogP contribution in [0.4, 0.5) is 5.69 Å². The van der Waals surface area contributed by atoms with Crippen molar-refractivity contribution < 1.29 is 9.84 Å². The fourth-order valence-corrected chi connectivity index (χ4v) is 5.98. The van der Waals surface area contributed by atoms with E-state index in [1.165, 1.54) is 11.3 Å². The molecule has 2 fully saturated rings. The van der Waals surface area contributed by atoms with Gasteiger partial charge < -0.3 is 15.2 Å². The highest BCUT2D eigenvalue weighted by atomic mass is 35.5. The molecule has 0 amide bonds. The zero-order valence-corrected chi connectivity index (χ0v) is 19.7. The van der Waals surface area contributed by atoms with Gasteiger partial charge >= 0.3 is 0 Å². The number of hydrogen-bond donors (Lipinski definition) is 2. The second-order valence-corrected chi connectivity index (χ2v) is 10.7. The number of hydrogen-bond acceptors (Lipinski definition) is 6. The number of nitrogens with one attached hydrogen (secondary N) is 1. The van der Waals surface area contributed by atoms with Gasteiger partial charge in [0.1, 0.15) is 12.4 Å². The van der Waals surface area contributed by atoms with E-state index in [-0.39, 0.29) is 11.5 Å². The third-order valence-electron chi connectivity index (χ3n) is 7.76. The number of fused-ring (bicyclic) bond motifs is 3. The fraction of sp³-hybridized carbons (Fsp3) is 0.520. The van der Waals surface area contributed by atoms with Gasteiger partial charge in [0.2, 0.25) is 0 Å². The molecule has 0 radical (unpaired) electrons. The van der Waals surface area contributed by atoms with Crippen molar-refractivity contribution in [3.05, 3.63) is 47.2 Å². The molecular formula is C25H30ClN5O2. The maximum Gasteiger partial charge on any atom is 0.158 e. The Balaban J connectivity index is 1.03. The average molecular weight is 468 g/mol. The van der Waals surface area contributed by atoms with Crippen LogP contribution in [-0.2, 0) is 5.41 Å². The number of pyridine rings is 1. The van der Waals surface area contributed by atoms with E-state index in [1.54, 1.807) is 6.20 Å². The molecule has 4 heterocycles. The molecule has 0 unspecified atom stereocenters. The fourth-order valence-electron chi connectivity index (χ4n) is 5.81. The van der Waals surface area contributed by atoms with E-state index in [0.717, 1.165) is 73.7 Å². The van der Waals surface area contributed by atoms with Gasteiger partial charge in [-0.3, -0.25) is 4.90 Å². The van der Waals surface area contributed by atoms with Gasteiger partial charge in [-0.15, -0.1) is 0 Å². The molecule has 6 rings (SSSR count). The number of aliphatic hydroxyl groups is 1. The summed E-state index contributed by atoms with van der Waals surface area (Å²) in [5, 5.41) is 19.9. The Morgan fingerprint density at radius 1 is 1.21 bits per heavy atom. The van der Waals surface area contributed by atoms with E-state index in [4.69, 9.17) is 16.3 Å². The minimum absolute atomic E-state index is 0.209. The SMILES string of the molecule is C[C@]1(O)C[C@H](n2ncc3cc(OCCN4CCC5(CC4)CNc4ccc(Cl)cc45)cnc32)C1. The zero-order chi connectivity index (χ0) is 22.6. The van der Waals surface area contributed by atoms with Crippen LogP contribution in [0.3, 0.4) is 0 Å². The lowest BCUT2D eigenvalue weighted by Gasteiger charge is -2.40. The van der Waals surface area contributed by atoms with Gasteiger partial charge in [-0.1, -0.05) is 11.6 Å². The monoisotopic (exact) mass is 467 g/mol. The highest BCUT2D eigenvalue weighted by molar-refractivity contribution is 6.30. The number of likely N-dealkylation sites (tertiary alicyclic amines) is 1. The molecular weight excluding hydrogens is 438 g/mol. The van der Waals surface area contributed by atoms with Crippen molar-refractivity contribution in [1.82, 2.24) is 19.7 Å². The molecule has 33 heavy (non-hydrogen) atoms. The quantitative estimate of drug-likeness (QED) is 0.590. The molecule has 2 N–H and O–H groups in total. The maximum absolute atomic E-state index is 10.0. The van der Waals surface area contributed by atoms with Crippen LogP contribution in [0.1, 0.15) is 44.2 Å². The van der Waals surface area contributed by atoms with Crippen molar-refractivity contribution in [1.29, 1.82) is 0 Å². The highest BCUT2D eigenvalue weighted by Gasteiger charge is 2.42. The van der Waals surface area contributed by atoms with Gasteiger partial charge in [0.05, 0.1) is 24.0 Å². The molecule has 3 aliphatic rings. The first-order chi connectivity index (χ1) is 15.9. The van der Waals surface area contributed by atoms with E-state index in [1.807, 2.05) is 29.9 Å². The Kier molecular flexibility index (Phi) is 5.05. The lowest BCUT2D eigenvalue weighted by atomic mass is 9.74. The Hall–Kier alpha value is -2.35. The highest BCUT2D eigenvalue weighted by Crippen LogP contribution is 2.45. The number of halogens is 1. The predicted octanol–water partition coefficient (Wildman–Crippen LogP) is 4.01. The van der Waals surface area contributed by atoms with Crippen molar-refractivity contribution in [3.8, 4) is 5.75 Å². The van der Waals surface area contributed by atoms with E-state index in [2.05, 4.69) is 32.4 Å². The molecule has 2 aliphatic heterocycles. The number of benzene rings is 1. The molecule has 2 aromatic heterocycles. The number of piperidine rings is 1. The molecule has 1 spiro atoms. The van der Waals surface area contributed by atoms with Crippen LogP contribution in [0, 0.1) is 0 Å². The summed E-state index contributed by atoms with van der Waals surface area (Å²) in [7, 11) is 0. The van der Waals surface area contributed by atoms with Gasteiger partial charge in [-0.05, 0) is 75.5 Å². The summed E-state index contributed by atoms with van der Waals surface area (Å²) in [4.78, 5) is 7.08. The van der Waals surface area contributed by atoms with E-state index in [0.29, 0.717) is 6.61 Å². The Labute approximate surface area is 198 Å². The third kappa shape index (κ3) is 3.86. The summed E-state index contributed by atoms with van der Waals surface area (Å²) >= 11 is 6.28. The predicted molar refractivity (Wildman–Crippen MR) is 129 cm³/mol. The first kappa shape index (κ1) is 21.2. The molecule has 1 saturated carbocycles. The number of ether oxygens (including phenoxy) is 1. The van der Waals surface area contributed by atoms with Crippen LogP contribution in [0.25, 0.3) is 11.0 Å². The lowest BCUT2D eigenvalue weighted by molar-refractivity contribution is -0.0531. The lowest BCUT2D eigenvalue weighted by Crippen LogP contribution is -2.44. The van der Waals surface area contributed by atoms with Crippen molar-refractivity contribution in [2.45, 2.75) is 49.7 Å². The van der Waals surface area contributed by atoms with E-state index < -0.39 is 5.60 Å². The summed E-state index contributed by atoms with van der Waals surface area (Å²) < 4.78 is 7.97. The second kappa shape index (κ2) is 7.86. The molecule has 1 aliphatic carbocycles. The van der Waals surface area contributed by atoms with Crippen LogP contribution in [0.15, 0.2) is 36.7 Å². The molecule has 174 valence electrons. The molecule has 3 aromatic rings. The van der Waals surface area contributed by atoms with E-state index >= 15 is 0 Å². The van der Waals surface area contributed by atoms with Crippen LogP contribution < -0.4 is 10.1 Å². The van der Waals surface area contributed by atoms with Crippen molar-refractivity contribution in [2.24, 2.45) is 0 Å². The summed E-state index contributed by atoms with van der Waals surface area (Å²) in [6.07, 6.45) is 7.33. The standard InChI is InChI=1S/C25H30ClN5O2/c1-24(32)12-19(13-24)31-23-17(14-29-31)10-20(15-27-23)33-9-8-30-6-4-25(5-7-30)16-28-22-3-2-18(26)11-21(22)25/h2-3,10-11,14-15,19,28,32H,4-9,12-13,16H2,1H3/t19-,24-. The topological polar surface area (TPSA) is 75.4 Å². The molecule has 0 bridgehead atoms. The normalized spacial score (nSPS) is 26.2. The summed E-state index contributed by atoms with van der Waals surface area (Å²) in [6, 6.07) is 8.45. The van der Waals surface area contributed by atoms with Crippen LogP contribution in [-0.4, -0.2) is 63.2 Å². The van der Waals surface area contributed by atoms with Gasteiger partial charge in [-0.2, -0.15) is 5.10 Å². The number of rotatable bonds is 5. The smallest absolute Gasteiger partial charge is 0.158 e. The molecule has 1 saturated heterocycles. The largest absolute Gasteiger partial charge is 0.491 e. The molecule has 0 atom stereocenters. The molecule has 1 aromatic carbocycles. The van der Waals surface area contributed by atoms with Crippen molar-refractivity contribution in [3.63, 3.8) is 0 Å². The van der Waals surface area contributed by atoms with Gasteiger partial charge in [0.15, 0.2) is 5.65 Å². The second-order valence-electron chi connectivity index (χ2n) is 10.2. The van der Waals surface area contributed by atoms with Crippen molar-refractivity contribution >= 4 is 28.3 Å². The van der Waals surface area contributed by atoms with Crippen LogP contribution >= 0.6 is 11.6 Å². The van der Waals surface area contributed by atoms with Gasteiger partial charge in [0.25, 0.3) is 0 Å². The zero-order valence-electron chi connectivity index (χ0n) is 18.9. The third-order valence-corrected chi connectivity index (χ3v) is 8.00. The first-order valence-electron chi connectivity index (χ1n) is 11.9. The summed E-state index contributed by atoms with van der Waals surface area (Å²) in [5.41, 5.74) is 3.11. The maximum atomic E-state index is 10.0. The Bertz CT molecular complexity index is 1180. The van der Waals surface area contributed by atoms with Crippen LogP contribution in [0.5, 0.6) is 5.75 Å². The molecule has 7 nitrogen and oxygen atoms in total. The number of aromatic nitrogens is 3. The average Bonchev–Trinajstić information content (AvgIpc) is 3.35. The Morgan fingerprint density at radius 3 is 2.82 bits per heavy atom. The Morgan fingerprint density at radius 2 is 2.03 bits per heavy atom. The minimum atomic E-state index is -0.579.